The van der Waals surface area contributed by atoms with Crippen molar-refractivity contribution in [1.82, 2.24) is 10.6 Å². The minimum atomic E-state index is -0.0387. The number of carbonyl (C=O) groups is 2. The Hall–Kier alpha value is -2.10. The maximum atomic E-state index is 12.1. The highest BCUT2D eigenvalue weighted by atomic mass is 16.2. The first-order valence-corrected chi connectivity index (χ1v) is 8.49. The fourth-order valence-electron chi connectivity index (χ4n) is 3.58. The van der Waals surface area contributed by atoms with E-state index in [0.29, 0.717) is 19.4 Å². The molecular formula is C19H24N2O2. The summed E-state index contributed by atoms with van der Waals surface area (Å²) >= 11 is 0. The highest BCUT2D eigenvalue weighted by molar-refractivity contribution is 5.80. The molecule has 2 N–H and O–H groups in total. The summed E-state index contributed by atoms with van der Waals surface area (Å²) in [5.74, 6) is 0.210. The molecule has 1 saturated heterocycles. The van der Waals surface area contributed by atoms with Crippen LogP contribution in [-0.4, -0.2) is 18.4 Å². The van der Waals surface area contributed by atoms with Crippen LogP contribution in [0.2, 0.25) is 0 Å². The Labute approximate surface area is 137 Å². The van der Waals surface area contributed by atoms with Crippen molar-refractivity contribution < 1.29 is 9.59 Å². The molecule has 1 aromatic carbocycles. The third-order valence-electron chi connectivity index (χ3n) is 4.98. The normalized spacial score (nSPS) is 23.0. The van der Waals surface area contributed by atoms with Crippen molar-refractivity contribution in [3.05, 3.63) is 47.7 Å². The van der Waals surface area contributed by atoms with E-state index in [2.05, 4.69) is 28.8 Å². The van der Waals surface area contributed by atoms with Crippen LogP contribution in [0.25, 0.3) is 0 Å². The number of nitrogens with one attached hydrogen (secondary N) is 2. The van der Waals surface area contributed by atoms with Crippen molar-refractivity contribution in [2.24, 2.45) is 5.41 Å². The minimum Gasteiger partial charge on any atom is -0.355 e. The number of allylic oxidation sites excluding steroid dienone is 1. The topological polar surface area (TPSA) is 58.2 Å². The zero-order chi connectivity index (χ0) is 16.1. The smallest absolute Gasteiger partial charge is 0.224 e. The quantitative estimate of drug-likeness (QED) is 0.848. The van der Waals surface area contributed by atoms with E-state index >= 15 is 0 Å². The largest absolute Gasteiger partial charge is 0.355 e. The molecule has 0 bridgehead atoms. The Morgan fingerprint density at radius 3 is 2.87 bits per heavy atom. The van der Waals surface area contributed by atoms with Crippen LogP contribution >= 0.6 is 0 Å². The summed E-state index contributed by atoms with van der Waals surface area (Å²) in [6, 6.07) is 10.2. The molecule has 0 spiro atoms. The van der Waals surface area contributed by atoms with Gasteiger partial charge in [0, 0.05) is 30.5 Å². The summed E-state index contributed by atoms with van der Waals surface area (Å²) in [4.78, 5) is 23.6. The van der Waals surface area contributed by atoms with Crippen LogP contribution in [0.1, 0.15) is 44.1 Å². The predicted molar refractivity (Wildman–Crippen MR) is 89.5 cm³/mol. The van der Waals surface area contributed by atoms with Gasteiger partial charge in [0.2, 0.25) is 11.8 Å². The van der Waals surface area contributed by atoms with E-state index < -0.39 is 0 Å². The lowest BCUT2D eigenvalue weighted by Gasteiger charge is -2.36. The van der Waals surface area contributed by atoms with Crippen LogP contribution in [0.15, 0.2) is 42.1 Å². The second kappa shape index (κ2) is 6.99. The molecule has 1 unspecified atom stereocenters. The first kappa shape index (κ1) is 15.8. The predicted octanol–water partition coefficient (Wildman–Crippen LogP) is 2.70. The molecule has 1 heterocycles. The second-order valence-corrected chi connectivity index (χ2v) is 6.60. The average molecular weight is 312 g/mol. The van der Waals surface area contributed by atoms with Crippen molar-refractivity contribution in [3.63, 3.8) is 0 Å². The fraction of sp³-hybridized carbons (Fsp3) is 0.474. The maximum absolute atomic E-state index is 12.1. The van der Waals surface area contributed by atoms with Gasteiger partial charge in [-0.25, -0.2) is 0 Å². The molecule has 1 aliphatic carbocycles. The molecule has 1 aromatic rings. The van der Waals surface area contributed by atoms with Crippen LogP contribution in [0, 0.1) is 5.41 Å². The van der Waals surface area contributed by atoms with Crippen molar-refractivity contribution >= 4 is 11.8 Å². The number of fused-ring (bicyclic) bond motifs is 1. The van der Waals surface area contributed by atoms with Gasteiger partial charge in [-0.1, -0.05) is 36.4 Å². The summed E-state index contributed by atoms with van der Waals surface area (Å²) in [6.07, 6.45) is 7.86. The molecule has 1 fully saturated rings. The van der Waals surface area contributed by atoms with Crippen molar-refractivity contribution in [3.8, 4) is 0 Å². The van der Waals surface area contributed by atoms with Gasteiger partial charge in [0.15, 0.2) is 0 Å². The molecule has 1 aliphatic heterocycles. The van der Waals surface area contributed by atoms with Gasteiger partial charge in [-0.05, 0) is 37.7 Å². The Bertz CT molecular complexity index is 609. The lowest BCUT2D eigenvalue weighted by atomic mass is 9.77. The molecule has 0 aromatic heterocycles. The fourth-order valence-corrected chi connectivity index (χ4v) is 3.58. The van der Waals surface area contributed by atoms with Gasteiger partial charge in [-0.2, -0.15) is 0 Å². The molecule has 0 radical (unpaired) electrons. The average Bonchev–Trinajstić information content (AvgIpc) is 2.97. The zero-order valence-electron chi connectivity index (χ0n) is 13.4. The van der Waals surface area contributed by atoms with Gasteiger partial charge in [0.25, 0.3) is 0 Å². The van der Waals surface area contributed by atoms with Crippen molar-refractivity contribution in [2.45, 2.75) is 44.9 Å². The van der Waals surface area contributed by atoms with E-state index in [4.69, 9.17) is 0 Å². The van der Waals surface area contributed by atoms with E-state index in [1.807, 2.05) is 18.2 Å². The maximum Gasteiger partial charge on any atom is 0.224 e. The Balaban J connectivity index is 1.44. The van der Waals surface area contributed by atoms with Gasteiger partial charge >= 0.3 is 0 Å². The number of hydrogen-bond donors (Lipinski definition) is 2. The molecule has 2 amide bonds. The van der Waals surface area contributed by atoms with Crippen molar-refractivity contribution in [2.75, 3.05) is 6.54 Å². The van der Waals surface area contributed by atoms with Crippen LogP contribution in [-0.2, 0) is 16.0 Å². The van der Waals surface area contributed by atoms with E-state index in [1.165, 1.54) is 5.56 Å². The molecule has 1 atom stereocenters. The zero-order valence-corrected chi connectivity index (χ0v) is 13.4. The lowest BCUT2D eigenvalue weighted by Crippen LogP contribution is -2.46. The summed E-state index contributed by atoms with van der Waals surface area (Å²) in [7, 11) is 0. The molecule has 4 heteroatoms. The van der Waals surface area contributed by atoms with E-state index in [-0.39, 0.29) is 17.2 Å². The number of aryl methyl sites for hydroxylation is 1. The SMILES string of the molecule is O=C(CCCc1ccccc1)NCC12CCC=C1NC(=O)CC2. The number of carbonyl (C=O) groups excluding carboxylic acids is 2. The van der Waals surface area contributed by atoms with E-state index in [0.717, 1.165) is 37.8 Å². The summed E-state index contributed by atoms with van der Waals surface area (Å²) in [6.45, 7) is 0.642. The van der Waals surface area contributed by atoms with Gasteiger partial charge in [0.05, 0.1) is 0 Å². The number of hydrogen-bond acceptors (Lipinski definition) is 2. The number of amides is 2. The van der Waals surface area contributed by atoms with Gasteiger partial charge in [-0.3, -0.25) is 9.59 Å². The summed E-state index contributed by atoms with van der Waals surface area (Å²) in [5, 5.41) is 6.06. The van der Waals surface area contributed by atoms with Gasteiger partial charge in [0.1, 0.15) is 0 Å². The molecule has 2 aliphatic rings. The van der Waals surface area contributed by atoms with Gasteiger partial charge < -0.3 is 10.6 Å². The molecule has 4 nitrogen and oxygen atoms in total. The lowest BCUT2D eigenvalue weighted by molar-refractivity contribution is -0.123. The highest BCUT2D eigenvalue weighted by Crippen LogP contribution is 2.43. The summed E-state index contributed by atoms with van der Waals surface area (Å²) < 4.78 is 0. The molecular weight excluding hydrogens is 288 g/mol. The Morgan fingerprint density at radius 1 is 1.22 bits per heavy atom. The third kappa shape index (κ3) is 3.81. The van der Waals surface area contributed by atoms with E-state index in [1.54, 1.807) is 0 Å². The molecule has 0 saturated carbocycles. The minimum absolute atomic E-state index is 0.0387. The highest BCUT2D eigenvalue weighted by Gasteiger charge is 2.41. The standard InChI is InChI=1S/C19H24N2O2/c22-17(10-4-8-15-6-2-1-3-7-15)20-14-19-12-5-9-16(19)21-18(23)11-13-19/h1-3,6-7,9H,4-5,8,10-14H2,(H,20,22)(H,21,23). The second-order valence-electron chi connectivity index (χ2n) is 6.60. The van der Waals surface area contributed by atoms with Crippen molar-refractivity contribution in [1.29, 1.82) is 0 Å². The van der Waals surface area contributed by atoms with Crippen LogP contribution in [0.5, 0.6) is 0 Å². The molecule has 3 rings (SSSR count). The Kier molecular flexibility index (Phi) is 4.79. The first-order chi connectivity index (χ1) is 11.2. The summed E-state index contributed by atoms with van der Waals surface area (Å²) in [5.41, 5.74) is 2.26. The molecule has 23 heavy (non-hydrogen) atoms. The van der Waals surface area contributed by atoms with Crippen LogP contribution < -0.4 is 10.6 Å². The number of piperidine rings is 1. The van der Waals surface area contributed by atoms with E-state index in [9.17, 15) is 9.59 Å². The number of benzene rings is 1. The van der Waals surface area contributed by atoms with Gasteiger partial charge in [-0.15, -0.1) is 0 Å². The third-order valence-corrected chi connectivity index (χ3v) is 4.98. The van der Waals surface area contributed by atoms with Crippen LogP contribution in [0.3, 0.4) is 0 Å². The molecule has 122 valence electrons. The Morgan fingerprint density at radius 2 is 2.04 bits per heavy atom. The first-order valence-electron chi connectivity index (χ1n) is 8.49. The van der Waals surface area contributed by atoms with Crippen LogP contribution in [0.4, 0.5) is 0 Å². The number of rotatable bonds is 6. The monoisotopic (exact) mass is 312 g/mol.